The molecule has 2 N–H and O–H groups in total. The summed E-state index contributed by atoms with van der Waals surface area (Å²) in [5.41, 5.74) is 23.6. The maximum Gasteiger partial charge on any atom is 0.0522 e. The van der Waals surface area contributed by atoms with E-state index in [4.69, 9.17) is 5.73 Å². The van der Waals surface area contributed by atoms with E-state index in [0.717, 1.165) is 37.9 Å². The molecule has 2 atom stereocenters. The standard InChI is InChI=1S/C54H54N2S2/c1-6-21-42-28-19-31-48-49(42)47(34-36(4)50(55)38(7-2)8-3)37(5)56(48)35-43-32-33-46(41-22-13-9-10-14-23-41)52-51(43)57-53-44(39-24-15-11-16-25-39)29-20-30-45(54(53)58-52)40-26-17-12-18-27-40/h6,9-13,15-19,21-34,36-37H,7-8,14,20,35,55H2,1-5H3/b21-6-,47-34?. The lowest BCUT2D eigenvalue weighted by atomic mass is 9.91. The number of rotatable bonds is 10. The number of anilines is 1. The lowest BCUT2D eigenvalue weighted by molar-refractivity contribution is 0.747. The summed E-state index contributed by atoms with van der Waals surface area (Å²) in [7, 11) is 0. The van der Waals surface area contributed by atoms with Crippen molar-refractivity contribution in [2.45, 2.75) is 82.7 Å². The minimum Gasteiger partial charge on any atom is -0.402 e. The number of thioether (sulfide) groups is 2. The van der Waals surface area contributed by atoms with Crippen molar-refractivity contribution >= 4 is 57.6 Å². The summed E-state index contributed by atoms with van der Waals surface area (Å²) < 4.78 is 0. The van der Waals surface area contributed by atoms with E-state index in [2.05, 4.69) is 191 Å². The van der Waals surface area contributed by atoms with E-state index in [0.29, 0.717) is 0 Å². The predicted molar refractivity (Wildman–Crippen MR) is 255 cm³/mol. The smallest absolute Gasteiger partial charge is 0.0522 e. The Labute approximate surface area is 355 Å². The van der Waals surface area contributed by atoms with Crippen molar-refractivity contribution in [1.82, 2.24) is 0 Å². The Kier molecular flexibility index (Phi) is 12.1. The molecule has 0 bridgehead atoms. The van der Waals surface area contributed by atoms with Crippen molar-refractivity contribution in [3.63, 3.8) is 0 Å². The molecule has 292 valence electrons. The van der Waals surface area contributed by atoms with Gasteiger partial charge >= 0.3 is 0 Å². The summed E-state index contributed by atoms with van der Waals surface area (Å²) in [6, 6.07) is 33.7. The van der Waals surface area contributed by atoms with Gasteiger partial charge in [-0.1, -0.05) is 196 Å². The second-order valence-electron chi connectivity index (χ2n) is 15.4. The van der Waals surface area contributed by atoms with Gasteiger partial charge in [-0.05, 0) is 95.7 Å². The number of hydrogen-bond acceptors (Lipinski definition) is 4. The van der Waals surface area contributed by atoms with Crippen LogP contribution in [0.3, 0.4) is 0 Å². The molecule has 4 heteroatoms. The Morgan fingerprint density at radius 3 is 2.12 bits per heavy atom. The van der Waals surface area contributed by atoms with E-state index >= 15 is 0 Å². The number of nitrogens with zero attached hydrogens (tertiary/aromatic N) is 1. The number of benzene rings is 4. The Balaban J connectivity index is 1.29. The molecular weight excluding hydrogens is 741 g/mol. The third-order valence-electron chi connectivity index (χ3n) is 11.9. The van der Waals surface area contributed by atoms with Gasteiger partial charge in [0.2, 0.25) is 0 Å². The molecule has 0 saturated heterocycles. The van der Waals surface area contributed by atoms with Crippen LogP contribution < -0.4 is 10.6 Å². The van der Waals surface area contributed by atoms with Crippen LogP contribution in [0.1, 0.15) is 93.7 Å². The zero-order chi connectivity index (χ0) is 40.2. The highest BCUT2D eigenvalue weighted by Crippen LogP contribution is 2.59. The molecule has 0 aromatic heterocycles. The van der Waals surface area contributed by atoms with Gasteiger partial charge in [-0.15, -0.1) is 0 Å². The highest BCUT2D eigenvalue weighted by Gasteiger charge is 2.36. The Hall–Kier alpha value is -5.16. The van der Waals surface area contributed by atoms with E-state index < -0.39 is 0 Å². The van der Waals surface area contributed by atoms with Crippen molar-refractivity contribution in [1.29, 1.82) is 0 Å². The maximum absolute atomic E-state index is 6.88. The van der Waals surface area contributed by atoms with Crippen molar-refractivity contribution < 1.29 is 0 Å². The van der Waals surface area contributed by atoms with Crippen LogP contribution in [0.25, 0.3) is 28.4 Å². The predicted octanol–water partition coefficient (Wildman–Crippen LogP) is 15.1. The van der Waals surface area contributed by atoms with Gasteiger partial charge in [-0.3, -0.25) is 0 Å². The van der Waals surface area contributed by atoms with E-state index in [-0.39, 0.29) is 12.0 Å². The van der Waals surface area contributed by atoms with Gasteiger partial charge in [-0.25, -0.2) is 0 Å². The molecule has 2 unspecified atom stereocenters. The van der Waals surface area contributed by atoms with E-state index in [1.807, 2.05) is 23.5 Å². The number of allylic oxidation sites excluding steroid dienone is 13. The molecule has 0 amide bonds. The molecular formula is C54H54N2S2. The Morgan fingerprint density at radius 1 is 0.793 bits per heavy atom. The summed E-state index contributed by atoms with van der Waals surface area (Å²) in [6.07, 6.45) is 26.8. The molecule has 4 aliphatic rings. The van der Waals surface area contributed by atoms with E-state index in [1.54, 1.807) is 0 Å². The average Bonchev–Trinajstić information content (AvgIpc) is 3.48. The van der Waals surface area contributed by atoms with Crippen molar-refractivity contribution in [2.75, 3.05) is 4.90 Å². The van der Waals surface area contributed by atoms with E-state index in [1.165, 1.54) is 86.5 Å². The summed E-state index contributed by atoms with van der Waals surface area (Å²) in [5.74, 6) is 0.142. The third kappa shape index (κ3) is 7.73. The fraction of sp³-hybridized carbons (Fsp3) is 0.222. The summed E-state index contributed by atoms with van der Waals surface area (Å²) in [5, 5.41) is 0. The van der Waals surface area contributed by atoms with Crippen LogP contribution in [0.15, 0.2) is 177 Å². The first-order valence-electron chi connectivity index (χ1n) is 20.9. The number of hydrogen-bond donors (Lipinski definition) is 1. The Morgan fingerprint density at radius 2 is 1.47 bits per heavy atom. The molecule has 4 aromatic rings. The van der Waals surface area contributed by atoms with Crippen LogP contribution in [0.2, 0.25) is 0 Å². The van der Waals surface area contributed by atoms with Crippen LogP contribution in [0.5, 0.6) is 0 Å². The first-order chi connectivity index (χ1) is 28.4. The van der Waals surface area contributed by atoms with Crippen molar-refractivity contribution in [3.8, 4) is 0 Å². The summed E-state index contributed by atoms with van der Waals surface area (Å²) in [6.45, 7) is 12.0. The van der Waals surface area contributed by atoms with Crippen LogP contribution in [0.4, 0.5) is 5.69 Å². The molecule has 2 aliphatic heterocycles. The maximum atomic E-state index is 6.88. The molecule has 2 nitrogen and oxygen atoms in total. The summed E-state index contributed by atoms with van der Waals surface area (Å²) in [4.78, 5) is 8.02. The van der Waals surface area contributed by atoms with Crippen molar-refractivity contribution in [2.24, 2.45) is 11.7 Å². The molecule has 0 saturated carbocycles. The van der Waals surface area contributed by atoms with Gasteiger partial charge in [0, 0.05) is 49.0 Å². The van der Waals surface area contributed by atoms with Crippen LogP contribution in [-0.2, 0) is 6.54 Å². The minimum absolute atomic E-state index is 0.142. The third-order valence-corrected chi connectivity index (χ3v) is 14.7. The van der Waals surface area contributed by atoms with E-state index in [9.17, 15) is 0 Å². The summed E-state index contributed by atoms with van der Waals surface area (Å²) >= 11 is 3.94. The first-order valence-corrected chi connectivity index (χ1v) is 22.6. The first kappa shape index (κ1) is 39.7. The second kappa shape index (κ2) is 17.8. The number of fused-ring (bicyclic) bond motifs is 2. The molecule has 0 spiro atoms. The topological polar surface area (TPSA) is 29.3 Å². The molecule has 58 heavy (non-hydrogen) atoms. The average molecular weight is 795 g/mol. The second-order valence-corrected chi connectivity index (χ2v) is 17.4. The van der Waals surface area contributed by atoms with Gasteiger partial charge in [0.25, 0.3) is 0 Å². The quantitative estimate of drug-likeness (QED) is 0.173. The molecule has 4 aromatic carbocycles. The number of nitrogens with two attached hydrogens (primary N) is 1. The highest BCUT2D eigenvalue weighted by atomic mass is 32.2. The van der Waals surface area contributed by atoms with Gasteiger partial charge < -0.3 is 10.6 Å². The van der Waals surface area contributed by atoms with Gasteiger partial charge in [0.15, 0.2) is 0 Å². The largest absolute Gasteiger partial charge is 0.402 e. The molecule has 0 radical (unpaired) electrons. The zero-order valence-electron chi connectivity index (χ0n) is 34.5. The van der Waals surface area contributed by atoms with Gasteiger partial charge in [0.1, 0.15) is 0 Å². The fourth-order valence-electron chi connectivity index (χ4n) is 8.80. The van der Waals surface area contributed by atoms with Gasteiger partial charge in [-0.2, -0.15) is 0 Å². The normalized spacial score (nSPS) is 18.6. The zero-order valence-corrected chi connectivity index (χ0v) is 36.1. The molecule has 2 heterocycles. The van der Waals surface area contributed by atoms with Crippen LogP contribution in [-0.4, -0.2) is 6.04 Å². The Bertz CT molecular complexity index is 2480. The van der Waals surface area contributed by atoms with Gasteiger partial charge in [0.05, 0.1) is 6.04 Å². The fourth-order valence-corrected chi connectivity index (χ4v) is 11.7. The van der Waals surface area contributed by atoms with Crippen LogP contribution >= 0.6 is 23.5 Å². The monoisotopic (exact) mass is 794 g/mol. The minimum atomic E-state index is 0.142. The lowest BCUT2D eigenvalue weighted by Crippen LogP contribution is -2.29. The molecule has 8 rings (SSSR count). The van der Waals surface area contributed by atoms with Crippen molar-refractivity contribution in [3.05, 3.63) is 200 Å². The molecule has 0 fully saturated rings. The molecule has 2 aliphatic carbocycles. The SMILES string of the molecule is C/C=C\c1cccc2c1C(=CC(C)C(N)=C(CC)CC)C(C)N2Cc1ccc(C2=CCC=CC=C2)c2c1SC1=C(S2)C(c2ccccc2)=CCC=C1c1ccccc1. The lowest BCUT2D eigenvalue weighted by Gasteiger charge is -2.31. The van der Waals surface area contributed by atoms with Crippen LogP contribution in [0, 0.1) is 5.92 Å². The highest BCUT2D eigenvalue weighted by molar-refractivity contribution is 8.10.